The molecule has 1 unspecified atom stereocenters. The molecule has 19 heavy (non-hydrogen) atoms. The molecule has 0 aromatic heterocycles. The molecule has 4 nitrogen and oxygen atoms in total. The zero-order chi connectivity index (χ0) is 14.5. The van der Waals surface area contributed by atoms with Crippen LogP contribution in [0.15, 0.2) is 18.2 Å². The van der Waals surface area contributed by atoms with Crippen molar-refractivity contribution in [2.75, 3.05) is 6.54 Å². The maximum absolute atomic E-state index is 11.8. The second kappa shape index (κ2) is 7.45. The molecule has 0 saturated carbocycles. The molecule has 1 aromatic carbocycles. The molecule has 0 saturated heterocycles. The number of hydrogen-bond acceptors (Lipinski definition) is 3. The Bertz CT molecular complexity index is 520. The number of rotatable bonds is 7. The topological polar surface area (TPSA) is 66.4 Å². The summed E-state index contributed by atoms with van der Waals surface area (Å²) in [5.41, 5.74) is 0.495. The Balaban J connectivity index is 2.59. The van der Waals surface area contributed by atoms with E-state index in [4.69, 9.17) is 23.2 Å². The highest BCUT2D eigenvalue weighted by Crippen LogP contribution is 2.22. The van der Waals surface area contributed by atoms with E-state index in [0.717, 1.165) is 0 Å². The van der Waals surface area contributed by atoms with Crippen molar-refractivity contribution < 1.29 is 13.5 Å². The van der Waals surface area contributed by atoms with Crippen molar-refractivity contribution in [3.63, 3.8) is 0 Å². The lowest BCUT2D eigenvalue weighted by Crippen LogP contribution is -2.28. The number of nitrogens with one attached hydrogen (secondary N) is 1. The summed E-state index contributed by atoms with van der Waals surface area (Å²) >= 11 is 11.7. The van der Waals surface area contributed by atoms with Crippen LogP contribution in [0, 0.1) is 0 Å². The van der Waals surface area contributed by atoms with E-state index in [9.17, 15) is 13.5 Å². The molecule has 7 heteroatoms. The molecule has 0 amide bonds. The Labute approximate surface area is 123 Å². The molecule has 0 aliphatic heterocycles. The van der Waals surface area contributed by atoms with Crippen molar-refractivity contribution in [1.82, 2.24) is 4.72 Å². The van der Waals surface area contributed by atoms with Gasteiger partial charge in [-0.2, -0.15) is 0 Å². The van der Waals surface area contributed by atoms with E-state index in [-0.39, 0.29) is 12.3 Å². The first-order valence-electron chi connectivity index (χ1n) is 5.93. The molecule has 0 spiro atoms. The summed E-state index contributed by atoms with van der Waals surface area (Å²) in [7, 11) is -3.46. The van der Waals surface area contributed by atoms with Crippen LogP contribution < -0.4 is 4.72 Å². The molecule has 0 heterocycles. The third kappa shape index (κ3) is 6.10. The van der Waals surface area contributed by atoms with E-state index < -0.39 is 16.1 Å². The minimum absolute atomic E-state index is 0.203. The molecule has 0 radical (unpaired) electrons. The van der Waals surface area contributed by atoms with E-state index in [1.165, 1.54) is 6.07 Å². The summed E-state index contributed by atoms with van der Waals surface area (Å²) < 4.78 is 26.1. The second-order valence-electron chi connectivity index (χ2n) is 4.24. The smallest absolute Gasteiger partial charge is 0.215 e. The summed E-state index contributed by atoms with van der Waals surface area (Å²) in [4.78, 5) is 0. The predicted octanol–water partition coefficient (Wildman–Crippen LogP) is 2.57. The molecular weight excluding hydrogens is 309 g/mol. The number of hydrogen-bond donors (Lipinski definition) is 2. The Morgan fingerprint density at radius 2 is 2.05 bits per heavy atom. The van der Waals surface area contributed by atoms with Crippen LogP contribution in [0.25, 0.3) is 0 Å². The van der Waals surface area contributed by atoms with Gasteiger partial charge in [-0.05, 0) is 30.5 Å². The van der Waals surface area contributed by atoms with Gasteiger partial charge in [0.25, 0.3) is 0 Å². The van der Waals surface area contributed by atoms with Gasteiger partial charge in [0.05, 0.1) is 11.9 Å². The molecule has 0 bridgehead atoms. The van der Waals surface area contributed by atoms with Gasteiger partial charge in [0, 0.05) is 16.6 Å². The molecular formula is C12H17Cl2NO3S. The van der Waals surface area contributed by atoms with Crippen LogP contribution in [0.2, 0.25) is 10.0 Å². The van der Waals surface area contributed by atoms with E-state index in [1.807, 2.05) is 6.92 Å². The fourth-order valence-corrected chi connectivity index (χ4v) is 3.23. The quantitative estimate of drug-likeness (QED) is 0.809. The Kier molecular flexibility index (Phi) is 6.56. The van der Waals surface area contributed by atoms with Crippen molar-refractivity contribution >= 4 is 33.2 Å². The first-order valence-corrected chi connectivity index (χ1v) is 8.34. The van der Waals surface area contributed by atoms with Crippen molar-refractivity contribution in [3.8, 4) is 0 Å². The van der Waals surface area contributed by atoms with Crippen LogP contribution in [0.4, 0.5) is 0 Å². The van der Waals surface area contributed by atoms with Gasteiger partial charge in [0.15, 0.2) is 0 Å². The first kappa shape index (κ1) is 16.7. The Morgan fingerprint density at radius 3 is 2.63 bits per heavy atom. The monoisotopic (exact) mass is 325 g/mol. The average Bonchev–Trinajstić information content (AvgIpc) is 2.32. The van der Waals surface area contributed by atoms with Crippen molar-refractivity contribution in [1.29, 1.82) is 0 Å². The molecule has 2 N–H and O–H groups in total. The Morgan fingerprint density at radius 1 is 1.37 bits per heavy atom. The van der Waals surface area contributed by atoms with Gasteiger partial charge in [0.2, 0.25) is 10.0 Å². The molecule has 0 fully saturated rings. The molecule has 0 aliphatic carbocycles. The lowest BCUT2D eigenvalue weighted by Gasteiger charge is -2.10. The van der Waals surface area contributed by atoms with Gasteiger partial charge < -0.3 is 5.11 Å². The van der Waals surface area contributed by atoms with Gasteiger partial charge in [0.1, 0.15) is 0 Å². The number of aliphatic hydroxyl groups excluding tert-OH is 1. The third-order valence-corrected chi connectivity index (χ3v) is 4.55. The summed E-state index contributed by atoms with van der Waals surface area (Å²) in [5.74, 6) is -0.203. The lowest BCUT2D eigenvalue weighted by molar-refractivity contribution is 0.162. The van der Waals surface area contributed by atoms with Gasteiger partial charge in [-0.25, -0.2) is 13.1 Å². The van der Waals surface area contributed by atoms with E-state index in [0.29, 0.717) is 28.5 Å². The standard InChI is InChI=1S/C12H17Cl2NO3S/c1-2-11(16)5-6-15-19(17,18)8-9-3-4-10(13)7-12(9)14/h3-4,7,11,15-16H,2,5-6,8H2,1H3. The largest absolute Gasteiger partial charge is 0.393 e. The summed E-state index contributed by atoms with van der Waals surface area (Å²) in [6.07, 6.45) is 0.510. The molecule has 1 rings (SSSR count). The zero-order valence-electron chi connectivity index (χ0n) is 10.6. The molecule has 108 valence electrons. The summed E-state index contributed by atoms with van der Waals surface area (Å²) in [6.45, 7) is 2.05. The number of benzene rings is 1. The van der Waals surface area contributed by atoms with Crippen LogP contribution >= 0.6 is 23.2 Å². The van der Waals surface area contributed by atoms with Crippen LogP contribution in [-0.2, 0) is 15.8 Å². The van der Waals surface area contributed by atoms with Crippen LogP contribution in [0.1, 0.15) is 25.3 Å². The first-order chi connectivity index (χ1) is 8.84. The zero-order valence-corrected chi connectivity index (χ0v) is 12.9. The highest BCUT2D eigenvalue weighted by atomic mass is 35.5. The minimum atomic E-state index is -3.46. The maximum Gasteiger partial charge on any atom is 0.215 e. The third-order valence-electron chi connectivity index (χ3n) is 2.63. The maximum atomic E-state index is 11.8. The molecule has 1 atom stereocenters. The Hall–Kier alpha value is -0.330. The van der Waals surface area contributed by atoms with Gasteiger partial charge in [-0.15, -0.1) is 0 Å². The van der Waals surface area contributed by atoms with Gasteiger partial charge in [-0.1, -0.05) is 36.2 Å². The highest BCUT2D eigenvalue weighted by molar-refractivity contribution is 7.88. The van der Waals surface area contributed by atoms with E-state index >= 15 is 0 Å². The molecule has 0 aliphatic rings. The second-order valence-corrected chi connectivity index (χ2v) is 6.89. The van der Waals surface area contributed by atoms with E-state index in [1.54, 1.807) is 12.1 Å². The SMILES string of the molecule is CCC(O)CCNS(=O)(=O)Cc1ccc(Cl)cc1Cl. The minimum Gasteiger partial charge on any atom is -0.393 e. The normalized spacial score (nSPS) is 13.5. The van der Waals surface area contributed by atoms with Gasteiger partial charge in [-0.3, -0.25) is 0 Å². The van der Waals surface area contributed by atoms with Crippen LogP contribution in [0.3, 0.4) is 0 Å². The van der Waals surface area contributed by atoms with Crippen molar-refractivity contribution in [3.05, 3.63) is 33.8 Å². The number of sulfonamides is 1. The predicted molar refractivity (Wildman–Crippen MR) is 78.0 cm³/mol. The fourth-order valence-electron chi connectivity index (χ4n) is 1.48. The summed E-state index contributed by atoms with van der Waals surface area (Å²) in [5, 5.41) is 10.1. The van der Waals surface area contributed by atoms with Gasteiger partial charge >= 0.3 is 0 Å². The molecule has 1 aromatic rings. The van der Waals surface area contributed by atoms with Crippen LogP contribution in [-0.4, -0.2) is 26.2 Å². The summed E-state index contributed by atoms with van der Waals surface area (Å²) in [6, 6.07) is 4.69. The number of aliphatic hydroxyl groups is 1. The van der Waals surface area contributed by atoms with Crippen molar-refractivity contribution in [2.24, 2.45) is 0 Å². The average molecular weight is 326 g/mol. The van der Waals surface area contributed by atoms with E-state index in [2.05, 4.69) is 4.72 Å². The van der Waals surface area contributed by atoms with Crippen LogP contribution in [0.5, 0.6) is 0 Å². The fraction of sp³-hybridized carbons (Fsp3) is 0.500. The number of halogens is 2. The highest BCUT2D eigenvalue weighted by Gasteiger charge is 2.14. The van der Waals surface area contributed by atoms with Crippen molar-refractivity contribution in [2.45, 2.75) is 31.6 Å². The lowest BCUT2D eigenvalue weighted by atomic mass is 10.2.